The lowest BCUT2D eigenvalue weighted by atomic mass is 9.91. The van der Waals surface area contributed by atoms with Gasteiger partial charge in [-0.2, -0.15) is 0 Å². The lowest BCUT2D eigenvalue weighted by Gasteiger charge is -2.29. The van der Waals surface area contributed by atoms with Gasteiger partial charge in [0.2, 0.25) is 5.60 Å². The number of rotatable bonds is 7. The van der Waals surface area contributed by atoms with Crippen LogP contribution in [-0.4, -0.2) is 24.2 Å². The Morgan fingerprint density at radius 2 is 1.09 bits per heavy atom. The van der Waals surface area contributed by atoms with Crippen molar-refractivity contribution in [2.24, 2.45) is 0 Å². The Morgan fingerprint density at radius 1 is 0.656 bits per heavy atom. The van der Waals surface area contributed by atoms with Crippen LogP contribution in [0, 0.1) is 0 Å². The molecule has 0 fully saturated rings. The number of aromatic nitrogens is 4. The lowest BCUT2D eigenvalue weighted by molar-refractivity contribution is 0.0978. The zero-order valence-corrected chi connectivity index (χ0v) is 18.6. The average Bonchev–Trinajstić information content (AvgIpc) is 3.39. The number of aliphatic hydroxyl groups is 1. The third-order valence-electron chi connectivity index (χ3n) is 6.04. The van der Waals surface area contributed by atoms with Crippen LogP contribution in [0.5, 0.6) is 0 Å². The van der Waals surface area contributed by atoms with Crippen molar-refractivity contribution in [2.45, 2.75) is 45.4 Å². The fourth-order valence-electron chi connectivity index (χ4n) is 4.64. The molecule has 5 rings (SSSR count). The molecular weight excluding hydrogens is 396 g/mol. The molecule has 0 spiro atoms. The number of nitrogens with zero attached hydrogens (tertiary/aromatic N) is 4. The molecule has 0 atom stereocenters. The zero-order valence-electron chi connectivity index (χ0n) is 18.6. The minimum Gasteiger partial charge on any atom is -0.371 e. The highest BCUT2D eigenvalue weighted by atomic mass is 16.3. The molecule has 162 valence electrons. The van der Waals surface area contributed by atoms with Crippen LogP contribution in [0.1, 0.15) is 43.9 Å². The molecule has 0 aliphatic heterocycles. The standard InChI is InChI=1S/C27H28N4O/c1-3-18-30-23-16-10-8-14-21(23)28-25(30)27(32,20-12-6-5-7-13-20)26-29-22-15-9-11-17-24(22)31(26)19-4-2/h5-17,32H,3-4,18-19H2,1-2H3. The van der Waals surface area contributed by atoms with Crippen molar-refractivity contribution in [1.29, 1.82) is 0 Å². The van der Waals surface area contributed by atoms with Gasteiger partial charge in [0.25, 0.3) is 0 Å². The van der Waals surface area contributed by atoms with E-state index in [0.29, 0.717) is 11.6 Å². The van der Waals surface area contributed by atoms with Crippen LogP contribution in [0.2, 0.25) is 0 Å². The van der Waals surface area contributed by atoms with Gasteiger partial charge in [-0.1, -0.05) is 68.4 Å². The van der Waals surface area contributed by atoms with Gasteiger partial charge in [0, 0.05) is 13.1 Å². The Labute approximate surface area is 188 Å². The van der Waals surface area contributed by atoms with Gasteiger partial charge in [0.05, 0.1) is 22.1 Å². The number of aryl methyl sites for hydroxylation is 2. The minimum absolute atomic E-state index is 0.611. The SMILES string of the molecule is CCCn1c(C(O)(c2ccccc2)c2nc3ccccc3n2CCC)nc2ccccc21. The monoisotopic (exact) mass is 424 g/mol. The van der Waals surface area contributed by atoms with E-state index in [0.717, 1.165) is 53.6 Å². The Hall–Kier alpha value is -3.44. The molecular formula is C27H28N4O. The van der Waals surface area contributed by atoms with E-state index in [-0.39, 0.29) is 0 Å². The molecule has 0 saturated carbocycles. The maximum Gasteiger partial charge on any atom is 0.206 e. The number of benzene rings is 3. The van der Waals surface area contributed by atoms with Gasteiger partial charge in [-0.05, 0) is 42.7 Å². The summed E-state index contributed by atoms with van der Waals surface area (Å²) < 4.78 is 4.30. The number of hydrogen-bond donors (Lipinski definition) is 1. The van der Waals surface area contributed by atoms with E-state index in [1.807, 2.05) is 66.7 Å². The van der Waals surface area contributed by atoms with Gasteiger partial charge in [0.1, 0.15) is 0 Å². The summed E-state index contributed by atoms with van der Waals surface area (Å²) in [6.07, 6.45) is 1.87. The zero-order chi connectivity index (χ0) is 22.1. The van der Waals surface area contributed by atoms with Crippen LogP contribution in [-0.2, 0) is 18.7 Å². The summed E-state index contributed by atoms with van der Waals surface area (Å²) in [4.78, 5) is 9.97. The molecule has 5 aromatic rings. The first-order valence-electron chi connectivity index (χ1n) is 11.4. The highest BCUT2D eigenvalue weighted by Gasteiger charge is 2.43. The second kappa shape index (κ2) is 8.24. The maximum atomic E-state index is 12.7. The van der Waals surface area contributed by atoms with Crippen molar-refractivity contribution in [2.75, 3.05) is 0 Å². The normalized spacial score (nSPS) is 12.1. The summed E-state index contributed by atoms with van der Waals surface area (Å²) in [5.41, 5.74) is 3.07. The molecule has 2 heterocycles. The minimum atomic E-state index is -1.50. The van der Waals surface area contributed by atoms with Crippen LogP contribution in [0.3, 0.4) is 0 Å². The Kier molecular flexibility index (Phi) is 5.27. The van der Waals surface area contributed by atoms with E-state index in [2.05, 4.69) is 35.1 Å². The van der Waals surface area contributed by atoms with Crippen LogP contribution in [0.15, 0.2) is 78.9 Å². The van der Waals surface area contributed by atoms with Gasteiger partial charge < -0.3 is 14.2 Å². The van der Waals surface area contributed by atoms with Gasteiger partial charge >= 0.3 is 0 Å². The predicted octanol–water partition coefficient (Wildman–Crippen LogP) is 5.49. The highest BCUT2D eigenvalue weighted by molar-refractivity contribution is 5.78. The molecule has 3 aromatic carbocycles. The van der Waals surface area contributed by atoms with Crippen molar-refractivity contribution in [3.63, 3.8) is 0 Å². The van der Waals surface area contributed by atoms with Crippen LogP contribution >= 0.6 is 0 Å². The van der Waals surface area contributed by atoms with Gasteiger partial charge in [-0.3, -0.25) is 0 Å². The molecule has 0 amide bonds. The van der Waals surface area contributed by atoms with E-state index in [4.69, 9.17) is 9.97 Å². The second-order valence-corrected chi connectivity index (χ2v) is 8.23. The molecule has 0 aliphatic rings. The summed E-state index contributed by atoms with van der Waals surface area (Å²) in [5.74, 6) is 1.22. The topological polar surface area (TPSA) is 55.9 Å². The number of imidazole rings is 2. The number of fused-ring (bicyclic) bond motifs is 2. The number of hydrogen-bond acceptors (Lipinski definition) is 3. The van der Waals surface area contributed by atoms with Gasteiger partial charge in [-0.25, -0.2) is 9.97 Å². The summed E-state index contributed by atoms with van der Waals surface area (Å²) in [6, 6.07) is 26.0. The molecule has 5 nitrogen and oxygen atoms in total. The molecule has 0 saturated heterocycles. The van der Waals surface area contributed by atoms with Crippen molar-refractivity contribution in [3.05, 3.63) is 96.1 Å². The maximum absolute atomic E-state index is 12.7. The predicted molar refractivity (Wildman–Crippen MR) is 129 cm³/mol. The molecule has 32 heavy (non-hydrogen) atoms. The third-order valence-corrected chi connectivity index (χ3v) is 6.04. The van der Waals surface area contributed by atoms with E-state index < -0.39 is 5.60 Å². The Balaban J connectivity index is 1.89. The fourth-order valence-corrected chi connectivity index (χ4v) is 4.64. The second-order valence-electron chi connectivity index (χ2n) is 8.23. The van der Waals surface area contributed by atoms with Crippen molar-refractivity contribution in [1.82, 2.24) is 19.1 Å². The summed E-state index contributed by atoms with van der Waals surface area (Å²) in [6.45, 7) is 5.82. The van der Waals surface area contributed by atoms with Gasteiger partial charge in [0.15, 0.2) is 11.6 Å². The molecule has 0 bridgehead atoms. The van der Waals surface area contributed by atoms with Crippen LogP contribution in [0.4, 0.5) is 0 Å². The average molecular weight is 425 g/mol. The molecule has 1 N–H and O–H groups in total. The van der Waals surface area contributed by atoms with Crippen LogP contribution in [0.25, 0.3) is 22.1 Å². The van der Waals surface area contributed by atoms with Crippen LogP contribution < -0.4 is 0 Å². The summed E-state index contributed by atoms with van der Waals surface area (Å²) >= 11 is 0. The Morgan fingerprint density at radius 3 is 1.56 bits per heavy atom. The van der Waals surface area contributed by atoms with E-state index in [1.54, 1.807) is 0 Å². The van der Waals surface area contributed by atoms with Crippen molar-refractivity contribution >= 4 is 22.1 Å². The van der Waals surface area contributed by atoms with Gasteiger partial charge in [-0.15, -0.1) is 0 Å². The molecule has 0 aliphatic carbocycles. The first-order chi connectivity index (χ1) is 15.7. The molecule has 5 heteroatoms. The smallest absolute Gasteiger partial charge is 0.206 e. The molecule has 0 radical (unpaired) electrons. The quantitative estimate of drug-likeness (QED) is 0.376. The van der Waals surface area contributed by atoms with E-state index >= 15 is 0 Å². The lowest BCUT2D eigenvalue weighted by Crippen LogP contribution is -2.36. The Bertz CT molecular complexity index is 1280. The number of para-hydroxylation sites is 4. The highest BCUT2D eigenvalue weighted by Crippen LogP contribution is 2.39. The molecule has 2 aromatic heterocycles. The van der Waals surface area contributed by atoms with E-state index in [9.17, 15) is 5.11 Å². The summed E-state index contributed by atoms with van der Waals surface area (Å²) in [5, 5.41) is 12.7. The van der Waals surface area contributed by atoms with Crippen molar-refractivity contribution in [3.8, 4) is 0 Å². The van der Waals surface area contributed by atoms with Crippen molar-refractivity contribution < 1.29 is 5.11 Å². The first-order valence-corrected chi connectivity index (χ1v) is 11.4. The fraction of sp³-hybridized carbons (Fsp3) is 0.259. The molecule has 0 unspecified atom stereocenters. The third kappa shape index (κ3) is 3.12. The first kappa shape index (κ1) is 20.5. The van der Waals surface area contributed by atoms with E-state index in [1.165, 1.54) is 0 Å². The largest absolute Gasteiger partial charge is 0.371 e. The summed E-state index contributed by atoms with van der Waals surface area (Å²) in [7, 11) is 0.